The summed E-state index contributed by atoms with van der Waals surface area (Å²) in [5.74, 6) is 0.0940. The van der Waals surface area contributed by atoms with Crippen LogP contribution in [-0.4, -0.2) is 60.0 Å². The molecule has 0 bridgehead atoms. The molecule has 0 spiro atoms. The Morgan fingerprint density at radius 1 is 1.45 bits per heavy atom. The first-order valence-corrected chi connectivity index (χ1v) is 8.29. The number of nitrogens with two attached hydrogens (primary N) is 1. The Kier molecular flexibility index (Phi) is 4.36. The second kappa shape index (κ2) is 5.71. The molecule has 7 nitrogen and oxygen atoms in total. The molecule has 2 heterocycles. The number of H-pyrrole nitrogens is 1. The Balaban J connectivity index is 2.09. The van der Waals surface area contributed by atoms with Crippen LogP contribution >= 0.6 is 0 Å². The van der Waals surface area contributed by atoms with Crippen LogP contribution in [0.1, 0.15) is 26.7 Å². The van der Waals surface area contributed by atoms with Gasteiger partial charge in [0, 0.05) is 19.1 Å². The molecule has 1 aliphatic heterocycles. The standard InChI is InChI=1S/C12H23N5O2S/c1-9(2)17-6-4-10(5-7-17)16(3)20(18,19)11-8-14-15-12(11)13/h8-10H,4-7H2,1-3H3,(H3,13,14,15). The largest absolute Gasteiger partial charge is 0.383 e. The third-order valence-corrected chi connectivity index (χ3v) is 5.97. The van der Waals surface area contributed by atoms with Crippen molar-refractivity contribution in [1.29, 1.82) is 0 Å². The quantitative estimate of drug-likeness (QED) is 0.843. The molecule has 0 saturated carbocycles. The van der Waals surface area contributed by atoms with Crippen molar-refractivity contribution in [3.63, 3.8) is 0 Å². The van der Waals surface area contributed by atoms with Crippen LogP contribution in [0.5, 0.6) is 0 Å². The van der Waals surface area contributed by atoms with E-state index in [9.17, 15) is 8.42 Å². The topological polar surface area (TPSA) is 95.3 Å². The van der Waals surface area contributed by atoms with Crippen molar-refractivity contribution in [3.8, 4) is 0 Å². The Hall–Kier alpha value is -1.12. The van der Waals surface area contributed by atoms with Gasteiger partial charge in [-0.15, -0.1) is 0 Å². The van der Waals surface area contributed by atoms with Gasteiger partial charge in [-0.25, -0.2) is 8.42 Å². The van der Waals surface area contributed by atoms with Crippen molar-refractivity contribution in [2.45, 2.75) is 43.7 Å². The Bertz CT molecular complexity index is 546. The summed E-state index contributed by atoms with van der Waals surface area (Å²) >= 11 is 0. The van der Waals surface area contributed by atoms with Gasteiger partial charge in [0.2, 0.25) is 10.0 Å². The summed E-state index contributed by atoms with van der Waals surface area (Å²) in [6.45, 7) is 6.16. The highest BCUT2D eigenvalue weighted by atomic mass is 32.2. The van der Waals surface area contributed by atoms with Gasteiger partial charge in [-0.3, -0.25) is 5.10 Å². The number of rotatable bonds is 4. The lowest BCUT2D eigenvalue weighted by Crippen LogP contribution is -2.47. The molecule has 1 aromatic heterocycles. The maximum Gasteiger partial charge on any atom is 0.248 e. The molecule has 2 rings (SSSR count). The first kappa shape index (κ1) is 15.3. The molecule has 3 N–H and O–H groups in total. The van der Waals surface area contributed by atoms with E-state index in [0.29, 0.717) is 6.04 Å². The molecule has 0 aliphatic carbocycles. The molecular formula is C12H23N5O2S. The number of hydrogen-bond acceptors (Lipinski definition) is 5. The molecule has 0 amide bonds. The van der Waals surface area contributed by atoms with Crippen molar-refractivity contribution in [2.24, 2.45) is 0 Å². The summed E-state index contributed by atoms with van der Waals surface area (Å²) in [6, 6.07) is 0.520. The number of nitrogens with zero attached hydrogens (tertiary/aromatic N) is 3. The molecule has 1 aromatic rings. The highest BCUT2D eigenvalue weighted by Gasteiger charge is 2.33. The number of aromatic amines is 1. The number of piperidine rings is 1. The van der Waals surface area contributed by atoms with Crippen molar-refractivity contribution < 1.29 is 8.42 Å². The zero-order valence-corrected chi connectivity index (χ0v) is 13.0. The van der Waals surface area contributed by atoms with Gasteiger partial charge < -0.3 is 10.6 Å². The zero-order valence-electron chi connectivity index (χ0n) is 12.2. The van der Waals surface area contributed by atoms with E-state index in [1.165, 1.54) is 10.5 Å². The molecule has 1 aliphatic rings. The monoisotopic (exact) mass is 301 g/mol. The fourth-order valence-electron chi connectivity index (χ4n) is 2.61. The summed E-state index contributed by atoms with van der Waals surface area (Å²) in [5.41, 5.74) is 5.62. The van der Waals surface area contributed by atoms with Crippen LogP contribution in [-0.2, 0) is 10.0 Å². The second-order valence-corrected chi connectivity index (χ2v) is 7.50. The van der Waals surface area contributed by atoms with E-state index in [1.54, 1.807) is 7.05 Å². The second-order valence-electron chi connectivity index (χ2n) is 5.53. The van der Waals surface area contributed by atoms with Crippen molar-refractivity contribution in [2.75, 3.05) is 25.9 Å². The molecular weight excluding hydrogens is 278 g/mol. The highest BCUT2D eigenvalue weighted by molar-refractivity contribution is 7.89. The Labute approximate surface area is 120 Å². The molecule has 0 aromatic carbocycles. The van der Waals surface area contributed by atoms with Crippen LogP contribution in [0.3, 0.4) is 0 Å². The van der Waals surface area contributed by atoms with Crippen LogP contribution in [0.15, 0.2) is 11.1 Å². The van der Waals surface area contributed by atoms with Crippen LogP contribution in [0, 0.1) is 0 Å². The number of nitrogens with one attached hydrogen (secondary N) is 1. The van der Waals surface area contributed by atoms with Crippen LogP contribution in [0.25, 0.3) is 0 Å². The van der Waals surface area contributed by atoms with E-state index in [0.717, 1.165) is 25.9 Å². The first-order valence-electron chi connectivity index (χ1n) is 6.85. The summed E-state index contributed by atoms with van der Waals surface area (Å²) in [7, 11) is -1.95. The molecule has 8 heteroatoms. The summed E-state index contributed by atoms with van der Waals surface area (Å²) in [5, 5.41) is 6.15. The molecule has 0 radical (unpaired) electrons. The molecule has 1 saturated heterocycles. The van der Waals surface area contributed by atoms with Gasteiger partial charge >= 0.3 is 0 Å². The number of aromatic nitrogens is 2. The first-order chi connectivity index (χ1) is 9.34. The third-order valence-electron chi connectivity index (χ3n) is 4.03. The zero-order chi connectivity index (χ0) is 14.9. The van der Waals surface area contributed by atoms with Gasteiger partial charge in [-0.1, -0.05) is 0 Å². The average Bonchev–Trinajstić information content (AvgIpc) is 2.85. The predicted octanol–water partition coefficient (Wildman–Crippen LogP) is 0.485. The fraction of sp³-hybridized carbons (Fsp3) is 0.750. The molecule has 0 unspecified atom stereocenters. The lowest BCUT2D eigenvalue weighted by atomic mass is 10.0. The number of nitrogen functional groups attached to an aromatic ring is 1. The van der Waals surface area contributed by atoms with Gasteiger partial charge in [0.15, 0.2) is 0 Å². The fourth-order valence-corrected chi connectivity index (χ4v) is 4.03. The van der Waals surface area contributed by atoms with Crippen molar-refractivity contribution in [1.82, 2.24) is 19.4 Å². The number of likely N-dealkylation sites (tertiary alicyclic amines) is 1. The summed E-state index contributed by atoms with van der Waals surface area (Å²) < 4.78 is 26.4. The molecule has 1 fully saturated rings. The maximum atomic E-state index is 12.5. The normalized spacial score (nSPS) is 19.1. The lowest BCUT2D eigenvalue weighted by Gasteiger charge is -2.37. The smallest absolute Gasteiger partial charge is 0.248 e. The van der Waals surface area contributed by atoms with E-state index in [1.807, 2.05) is 0 Å². The van der Waals surface area contributed by atoms with Gasteiger partial charge in [0.1, 0.15) is 10.7 Å². The van der Waals surface area contributed by atoms with E-state index < -0.39 is 10.0 Å². The van der Waals surface area contributed by atoms with Crippen LogP contribution in [0.2, 0.25) is 0 Å². The van der Waals surface area contributed by atoms with Gasteiger partial charge in [-0.05, 0) is 39.8 Å². The van der Waals surface area contributed by atoms with E-state index >= 15 is 0 Å². The minimum absolute atomic E-state index is 0.0179. The van der Waals surface area contributed by atoms with E-state index in [4.69, 9.17) is 5.73 Å². The van der Waals surface area contributed by atoms with Gasteiger partial charge in [-0.2, -0.15) is 9.40 Å². The van der Waals surface area contributed by atoms with Gasteiger partial charge in [0.05, 0.1) is 6.20 Å². The number of hydrogen-bond donors (Lipinski definition) is 2. The van der Waals surface area contributed by atoms with Crippen LogP contribution in [0.4, 0.5) is 5.82 Å². The minimum Gasteiger partial charge on any atom is -0.383 e. The molecule has 20 heavy (non-hydrogen) atoms. The lowest BCUT2D eigenvalue weighted by molar-refractivity contribution is 0.140. The minimum atomic E-state index is -3.57. The maximum absolute atomic E-state index is 12.5. The molecule has 114 valence electrons. The van der Waals surface area contributed by atoms with E-state index in [2.05, 4.69) is 28.9 Å². The number of anilines is 1. The SMILES string of the molecule is CC(C)N1CCC(N(C)S(=O)(=O)c2cn[nH]c2N)CC1. The predicted molar refractivity (Wildman–Crippen MR) is 77.7 cm³/mol. The Morgan fingerprint density at radius 3 is 2.50 bits per heavy atom. The summed E-state index contributed by atoms with van der Waals surface area (Å²) in [4.78, 5) is 2.43. The number of sulfonamides is 1. The highest BCUT2D eigenvalue weighted by Crippen LogP contribution is 2.25. The average molecular weight is 301 g/mol. The van der Waals surface area contributed by atoms with Crippen molar-refractivity contribution in [3.05, 3.63) is 6.20 Å². The van der Waals surface area contributed by atoms with Crippen LogP contribution < -0.4 is 5.73 Å². The third kappa shape index (κ3) is 2.82. The van der Waals surface area contributed by atoms with E-state index in [-0.39, 0.29) is 16.8 Å². The van der Waals surface area contributed by atoms with Crippen molar-refractivity contribution >= 4 is 15.8 Å². The van der Waals surface area contributed by atoms with Gasteiger partial charge in [0.25, 0.3) is 0 Å². The molecule has 0 atom stereocenters. The summed E-state index contributed by atoms with van der Waals surface area (Å²) in [6.07, 6.45) is 2.95. The Morgan fingerprint density at radius 2 is 2.05 bits per heavy atom.